The smallest absolute Gasteiger partial charge is 0.157 e. The monoisotopic (exact) mass is 233 g/mol. The first-order chi connectivity index (χ1) is 8.05. The second kappa shape index (κ2) is 4.33. The van der Waals surface area contributed by atoms with Crippen LogP contribution in [0.1, 0.15) is 20.8 Å². The van der Waals surface area contributed by atoms with Crippen molar-refractivity contribution in [3.63, 3.8) is 0 Å². The summed E-state index contributed by atoms with van der Waals surface area (Å²) in [5.41, 5.74) is 6.52. The lowest BCUT2D eigenvalue weighted by Crippen LogP contribution is -2.47. The Balaban J connectivity index is 2.28. The van der Waals surface area contributed by atoms with Gasteiger partial charge in [0.2, 0.25) is 0 Å². The third kappa shape index (κ3) is 2.24. The topological polar surface area (TPSA) is 68.2 Å². The summed E-state index contributed by atoms with van der Waals surface area (Å²) in [7, 11) is 0. The molecule has 1 atom stereocenters. The van der Waals surface area contributed by atoms with Crippen molar-refractivity contribution in [3.8, 4) is 0 Å². The van der Waals surface area contributed by atoms with E-state index in [1.807, 2.05) is 18.3 Å². The molecule has 0 radical (unpaired) electrons. The number of nitrogens with one attached hydrogen (secondary N) is 1. The molecule has 0 saturated carbocycles. The molecule has 0 aromatic carbocycles. The molecule has 0 spiro atoms. The maximum atomic E-state index is 5.84. The summed E-state index contributed by atoms with van der Waals surface area (Å²) in [6.45, 7) is 6.98. The van der Waals surface area contributed by atoms with Crippen LogP contribution in [0.25, 0.3) is 5.65 Å². The zero-order chi connectivity index (χ0) is 12.5. The number of hydrogen-bond acceptors (Lipinski definition) is 4. The standard InChI is InChI=1S/C12H19N5/c1-9(2)12(3,8-13)16-10-5-7-17-11(15-10)4-6-14-17/h4-7,9H,8,13H2,1-3H3,(H,15,16). The molecule has 2 heterocycles. The Hall–Kier alpha value is -1.62. The largest absolute Gasteiger partial charge is 0.363 e. The molecule has 2 aromatic heterocycles. The second-order valence-corrected chi connectivity index (χ2v) is 4.85. The highest BCUT2D eigenvalue weighted by molar-refractivity contribution is 5.46. The molecule has 0 aliphatic heterocycles. The Morgan fingerprint density at radius 3 is 2.88 bits per heavy atom. The molecule has 5 nitrogen and oxygen atoms in total. The Labute approximate surface area is 101 Å². The predicted molar refractivity (Wildman–Crippen MR) is 68.9 cm³/mol. The molecule has 0 aliphatic carbocycles. The number of hydrogen-bond donors (Lipinski definition) is 2. The summed E-state index contributed by atoms with van der Waals surface area (Å²) in [6, 6.07) is 3.79. The van der Waals surface area contributed by atoms with E-state index in [4.69, 9.17) is 5.73 Å². The van der Waals surface area contributed by atoms with Crippen molar-refractivity contribution in [3.05, 3.63) is 24.5 Å². The molecule has 2 rings (SSSR count). The van der Waals surface area contributed by atoms with Crippen molar-refractivity contribution in [2.75, 3.05) is 11.9 Å². The first-order valence-corrected chi connectivity index (χ1v) is 5.84. The summed E-state index contributed by atoms with van der Waals surface area (Å²) < 4.78 is 1.74. The summed E-state index contributed by atoms with van der Waals surface area (Å²) in [5.74, 6) is 1.26. The van der Waals surface area contributed by atoms with Crippen LogP contribution in [-0.4, -0.2) is 26.7 Å². The fraction of sp³-hybridized carbons (Fsp3) is 0.500. The van der Waals surface area contributed by atoms with Crippen molar-refractivity contribution in [2.24, 2.45) is 11.7 Å². The van der Waals surface area contributed by atoms with E-state index in [0.29, 0.717) is 12.5 Å². The van der Waals surface area contributed by atoms with Crippen molar-refractivity contribution in [1.29, 1.82) is 0 Å². The summed E-state index contributed by atoms with van der Waals surface area (Å²) >= 11 is 0. The second-order valence-electron chi connectivity index (χ2n) is 4.85. The molecule has 0 bridgehead atoms. The van der Waals surface area contributed by atoms with Gasteiger partial charge in [0.25, 0.3) is 0 Å². The summed E-state index contributed by atoms with van der Waals surface area (Å²) in [6.07, 6.45) is 3.62. The summed E-state index contributed by atoms with van der Waals surface area (Å²) in [4.78, 5) is 4.48. The minimum absolute atomic E-state index is 0.147. The number of nitrogens with zero attached hydrogens (tertiary/aromatic N) is 3. The fourth-order valence-electron chi connectivity index (χ4n) is 1.61. The molecule has 0 amide bonds. The van der Waals surface area contributed by atoms with E-state index in [-0.39, 0.29) is 5.54 Å². The molecule has 0 aliphatic rings. The zero-order valence-corrected chi connectivity index (χ0v) is 10.5. The van der Waals surface area contributed by atoms with Gasteiger partial charge in [-0.05, 0) is 18.9 Å². The molecule has 0 saturated heterocycles. The van der Waals surface area contributed by atoms with Crippen LogP contribution in [0.15, 0.2) is 24.5 Å². The van der Waals surface area contributed by atoms with Crippen molar-refractivity contribution >= 4 is 11.5 Å². The maximum Gasteiger partial charge on any atom is 0.157 e. The van der Waals surface area contributed by atoms with Gasteiger partial charge in [-0.3, -0.25) is 0 Å². The molecular formula is C12H19N5. The van der Waals surface area contributed by atoms with Gasteiger partial charge >= 0.3 is 0 Å². The van der Waals surface area contributed by atoms with Gasteiger partial charge in [0.15, 0.2) is 5.65 Å². The van der Waals surface area contributed by atoms with E-state index in [0.717, 1.165) is 11.5 Å². The van der Waals surface area contributed by atoms with Crippen LogP contribution in [0.2, 0.25) is 0 Å². The van der Waals surface area contributed by atoms with Crippen molar-refractivity contribution < 1.29 is 0 Å². The third-order valence-electron chi connectivity index (χ3n) is 3.37. The Morgan fingerprint density at radius 2 is 2.24 bits per heavy atom. The molecule has 0 fully saturated rings. The van der Waals surface area contributed by atoms with E-state index in [9.17, 15) is 0 Å². The number of nitrogens with two attached hydrogens (primary N) is 1. The molecule has 3 N–H and O–H groups in total. The number of rotatable bonds is 4. The van der Waals surface area contributed by atoms with Gasteiger partial charge in [0.1, 0.15) is 5.82 Å². The van der Waals surface area contributed by atoms with Crippen LogP contribution < -0.4 is 11.1 Å². The van der Waals surface area contributed by atoms with E-state index in [1.165, 1.54) is 0 Å². The highest BCUT2D eigenvalue weighted by atomic mass is 15.2. The quantitative estimate of drug-likeness (QED) is 0.840. The third-order valence-corrected chi connectivity index (χ3v) is 3.37. The van der Waals surface area contributed by atoms with Gasteiger partial charge in [-0.25, -0.2) is 9.50 Å². The number of aromatic nitrogens is 3. The fourth-order valence-corrected chi connectivity index (χ4v) is 1.61. The molecule has 17 heavy (non-hydrogen) atoms. The lowest BCUT2D eigenvalue weighted by Gasteiger charge is -2.34. The predicted octanol–water partition coefficient (Wildman–Crippen LogP) is 1.51. The normalized spacial score (nSPS) is 15.1. The molecule has 1 unspecified atom stereocenters. The molecular weight excluding hydrogens is 214 g/mol. The summed E-state index contributed by atoms with van der Waals surface area (Å²) in [5, 5.41) is 7.52. The van der Waals surface area contributed by atoms with Crippen molar-refractivity contribution in [2.45, 2.75) is 26.3 Å². The van der Waals surface area contributed by atoms with Crippen LogP contribution in [-0.2, 0) is 0 Å². The molecule has 92 valence electrons. The first kappa shape index (κ1) is 11.9. The average molecular weight is 233 g/mol. The van der Waals surface area contributed by atoms with Gasteiger partial charge < -0.3 is 11.1 Å². The van der Waals surface area contributed by atoms with Crippen LogP contribution in [0.4, 0.5) is 5.82 Å². The molecule has 2 aromatic rings. The van der Waals surface area contributed by atoms with Crippen LogP contribution in [0.3, 0.4) is 0 Å². The first-order valence-electron chi connectivity index (χ1n) is 5.84. The highest BCUT2D eigenvalue weighted by Gasteiger charge is 2.26. The Morgan fingerprint density at radius 1 is 1.47 bits per heavy atom. The van der Waals surface area contributed by atoms with E-state index < -0.39 is 0 Å². The minimum atomic E-state index is -0.147. The molecule has 5 heteroatoms. The van der Waals surface area contributed by atoms with Gasteiger partial charge in [0.05, 0.1) is 11.7 Å². The van der Waals surface area contributed by atoms with Crippen LogP contribution in [0.5, 0.6) is 0 Å². The highest BCUT2D eigenvalue weighted by Crippen LogP contribution is 2.20. The van der Waals surface area contributed by atoms with Crippen LogP contribution in [0, 0.1) is 5.92 Å². The number of anilines is 1. The van der Waals surface area contributed by atoms with Gasteiger partial charge in [-0.2, -0.15) is 5.10 Å². The van der Waals surface area contributed by atoms with Gasteiger partial charge in [0, 0.05) is 18.8 Å². The van der Waals surface area contributed by atoms with E-state index in [2.05, 4.69) is 36.2 Å². The maximum absolute atomic E-state index is 5.84. The Bertz CT molecular complexity index is 504. The lowest BCUT2D eigenvalue weighted by molar-refractivity contribution is 0.381. The van der Waals surface area contributed by atoms with Crippen molar-refractivity contribution in [1.82, 2.24) is 14.6 Å². The van der Waals surface area contributed by atoms with E-state index in [1.54, 1.807) is 10.7 Å². The Kier molecular flexibility index (Phi) is 3.02. The van der Waals surface area contributed by atoms with Gasteiger partial charge in [-0.15, -0.1) is 0 Å². The minimum Gasteiger partial charge on any atom is -0.363 e. The van der Waals surface area contributed by atoms with Crippen LogP contribution >= 0.6 is 0 Å². The zero-order valence-electron chi connectivity index (χ0n) is 10.5. The lowest BCUT2D eigenvalue weighted by atomic mass is 9.88. The van der Waals surface area contributed by atoms with E-state index >= 15 is 0 Å². The SMILES string of the molecule is CC(C)C(C)(CN)Nc1ccn2nccc2n1. The number of fused-ring (bicyclic) bond motifs is 1. The average Bonchev–Trinajstić information content (AvgIpc) is 2.75. The van der Waals surface area contributed by atoms with Gasteiger partial charge in [-0.1, -0.05) is 13.8 Å².